The highest BCUT2D eigenvalue weighted by atomic mass is 79.9. The maximum absolute atomic E-state index is 12.8. The van der Waals surface area contributed by atoms with Crippen LogP contribution in [0.1, 0.15) is 11.5 Å². The number of anilines is 2. The lowest BCUT2D eigenvalue weighted by atomic mass is 10.2. The van der Waals surface area contributed by atoms with Crippen molar-refractivity contribution in [3.05, 3.63) is 34.1 Å². The molecule has 0 fully saturated rings. The topological polar surface area (TPSA) is 63.0 Å². The fourth-order valence-electron chi connectivity index (χ4n) is 1.47. The molecule has 2 aromatic rings. The quantitative estimate of drug-likeness (QED) is 0.885. The van der Waals surface area contributed by atoms with Gasteiger partial charge in [0, 0.05) is 10.2 Å². The molecule has 0 aliphatic rings. The van der Waals surface area contributed by atoms with Gasteiger partial charge in [-0.15, -0.1) is 5.10 Å². The molecule has 2 N–H and O–H groups in total. The highest BCUT2D eigenvalue weighted by Crippen LogP contribution is 2.36. The van der Waals surface area contributed by atoms with E-state index in [0.29, 0.717) is 12.4 Å². The normalized spacial score (nSPS) is 11.7. The monoisotopic (exact) mass is 350 g/mol. The molecule has 1 heterocycles. The first-order chi connectivity index (χ1) is 9.40. The molecule has 0 radical (unpaired) electrons. The maximum atomic E-state index is 12.8. The van der Waals surface area contributed by atoms with Gasteiger partial charge in [0.1, 0.15) is 0 Å². The third-order valence-corrected chi connectivity index (χ3v) is 3.01. The van der Waals surface area contributed by atoms with Crippen LogP contribution >= 0.6 is 15.9 Å². The average Bonchev–Trinajstić information content (AvgIpc) is 2.78. The third kappa shape index (κ3) is 3.48. The number of hydrogen-bond acceptors (Lipinski definition) is 5. The smallest absolute Gasteiger partial charge is 0.406 e. The summed E-state index contributed by atoms with van der Waals surface area (Å²) < 4.78 is 43.4. The molecule has 0 spiro atoms. The molecule has 2 rings (SSSR count). The van der Waals surface area contributed by atoms with E-state index in [0.717, 1.165) is 6.07 Å². The zero-order valence-corrected chi connectivity index (χ0v) is 11.8. The van der Waals surface area contributed by atoms with E-state index < -0.39 is 11.7 Å². The Hall–Kier alpha value is -1.61. The van der Waals surface area contributed by atoms with E-state index in [1.807, 2.05) is 0 Å². The summed E-state index contributed by atoms with van der Waals surface area (Å²) in [6.07, 6.45) is -4.44. The number of nitrogens with zero attached hydrogens (tertiary/aromatic N) is 2. The van der Waals surface area contributed by atoms with Gasteiger partial charge in [0.2, 0.25) is 5.89 Å². The molecule has 0 amide bonds. The second-order valence-electron chi connectivity index (χ2n) is 3.85. The number of halogens is 4. The molecule has 0 bridgehead atoms. The first-order valence-corrected chi connectivity index (χ1v) is 6.30. The van der Waals surface area contributed by atoms with E-state index in [9.17, 15) is 13.2 Å². The molecule has 0 aliphatic heterocycles. The van der Waals surface area contributed by atoms with Gasteiger partial charge in [-0.1, -0.05) is 21.0 Å². The maximum Gasteiger partial charge on any atom is 0.417 e. The number of hydrogen-bond donors (Lipinski definition) is 2. The Kier molecular flexibility index (Phi) is 4.29. The Balaban J connectivity index is 2.21. The lowest BCUT2D eigenvalue weighted by molar-refractivity contribution is -0.138. The van der Waals surface area contributed by atoms with Gasteiger partial charge in [-0.05, 0) is 25.2 Å². The Morgan fingerprint density at radius 3 is 2.70 bits per heavy atom. The molecular weight excluding hydrogens is 341 g/mol. The highest BCUT2D eigenvalue weighted by molar-refractivity contribution is 9.10. The van der Waals surface area contributed by atoms with E-state index in [2.05, 4.69) is 36.8 Å². The lowest BCUT2D eigenvalue weighted by Gasteiger charge is -2.10. The third-order valence-electron chi connectivity index (χ3n) is 2.32. The molecular formula is C11H10BrF3N4O. The zero-order valence-electron chi connectivity index (χ0n) is 10.3. The van der Waals surface area contributed by atoms with Crippen LogP contribution in [0.25, 0.3) is 0 Å². The second kappa shape index (κ2) is 5.80. The molecule has 108 valence electrons. The van der Waals surface area contributed by atoms with Gasteiger partial charge in [-0.25, -0.2) is 0 Å². The Bertz CT molecular complexity index is 600. The van der Waals surface area contributed by atoms with Crippen LogP contribution in [0.15, 0.2) is 27.1 Å². The molecule has 0 atom stereocenters. The fraction of sp³-hybridized carbons (Fsp3) is 0.273. The highest BCUT2D eigenvalue weighted by Gasteiger charge is 2.33. The minimum atomic E-state index is -4.44. The van der Waals surface area contributed by atoms with Gasteiger partial charge in [-0.3, -0.25) is 0 Å². The van der Waals surface area contributed by atoms with Gasteiger partial charge in [-0.2, -0.15) is 13.2 Å². The molecule has 0 saturated heterocycles. The summed E-state index contributed by atoms with van der Waals surface area (Å²) in [7, 11) is 1.71. The number of benzene rings is 1. The van der Waals surface area contributed by atoms with Crippen molar-refractivity contribution in [1.29, 1.82) is 0 Å². The predicted molar refractivity (Wildman–Crippen MR) is 69.5 cm³/mol. The van der Waals surface area contributed by atoms with Crippen molar-refractivity contribution >= 4 is 27.6 Å². The standard InChI is InChI=1S/C11H10BrF3N4O/c1-16-5-9-18-19-10(20-9)17-6-2-3-8(12)7(4-6)11(13,14)15/h2-4,16H,5H2,1H3,(H,17,19). The second-order valence-corrected chi connectivity index (χ2v) is 4.70. The Labute approximate surface area is 120 Å². The van der Waals surface area contributed by atoms with Crippen LogP contribution in [0, 0.1) is 0 Å². The fourth-order valence-corrected chi connectivity index (χ4v) is 1.94. The molecule has 9 heteroatoms. The van der Waals surface area contributed by atoms with Gasteiger partial charge in [0.25, 0.3) is 0 Å². The summed E-state index contributed by atoms with van der Waals surface area (Å²) >= 11 is 2.87. The molecule has 0 saturated carbocycles. The van der Waals surface area contributed by atoms with Crippen molar-refractivity contribution in [3.63, 3.8) is 0 Å². The molecule has 0 unspecified atom stereocenters. The SMILES string of the molecule is CNCc1nnc(Nc2ccc(Br)c(C(F)(F)F)c2)o1. The van der Waals surface area contributed by atoms with Crippen LogP contribution < -0.4 is 10.6 Å². The Morgan fingerprint density at radius 1 is 1.30 bits per heavy atom. The van der Waals surface area contributed by atoms with Crippen molar-refractivity contribution in [3.8, 4) is 0 Å². The van der Waals surface area contributed by atoms with Crippen LogP contribution in [0.2, 0.25) is 0 Å². The lowest BCUT2D eigenvalue weighted by Crippen LogP contribution is -2.06. The van der Waals surface area contributed by atoms with E-state index in [1.165, 1.54) is 12.1 Å². The minimum Gasteiger partial charge on any atom is -0.406 e. The van der Waals surface area contributed by atoms with Gasteiger partial charge < -0.3 is 15.1 Å². The van der Waals surface area contributed by atoms with Crippen molar-refractivity contribution in [2.24, 2.45) is 0 Å². The van der Waals surface area contributed by atoms with E-state index in [4.69, 9.17) is 4.42 Å². The number of nitrogens with one attached hydrogen (secondary N) is 2. The van der Waals surface area contributed by atoms with E-state index in [1.54, 1.807) is 7.05 Å². The summed E-state index contributed by atoms with van der Waals surface area (Å²) in [5, 5.41) is 12.9. The summed E-state index contributed by atoms with van der Waals surface area (Å²) in [4.78, 5) is 0. The van der Waals surface area contributed by atoms with E-state index >= 15 is 0 Å². The van der Waals surface area contributed by atoms with Crippen LogP contribution in [0.4, 0.5) is 24.9 Å². The van der Waals surface area contributed by atoms with Crippen LogP contribution in [0.5, 0.6) is 0 Å². The minimum absolute atomic E-state index is 0.0306. The Morgan fingerprint density at radius 2 is 2.05 bits per heavy atom. The largest absolute Gasteiger partial charge is 0.417 e. The summed E-state index contributed by atoms with van der Waals surface area (Å²) in [5.41, 5.74) is -0.572. The molecule has 5 nitrogen and oxygen atoms in total. The summed E-state index contributed by atoms with van der Waals surface area (Å²) in [6.45, 7) is 0.378. The van der Waals surface area contributed by atoms with Crippen molar-refractivity contribution in [2.45, 2.75) is 12.7 Å². The number of alkyl halides is 3. The van der Waals surface area contributed by atoms with Gasteiger partial charge in [0.15, 0.2) is 0 Å². The van der Waals surface area contributed by atoms with Crippen LogP contribution in [-0.4, -0.2) is 17.2 Å². The van der Waals surface area contributed by atoms with Crippen molar-refractivity contribution in [2.75, 3.05) is 12.4 Å². The van der Waals surface area contributed by atoms with Gasteiger partial charge in [0.05, 0.1) is 12.1 Å². The van der Waals surface area contributed by atoms with Crippen LogP contribution in [-0.2, 0) is 12.7 Å². The number of rotatable bonds is 4. The molecule has 20 heavy (non-hydrogen) atoms. The molecule has 0 aliphatic carbocycles. The summed E-state index contributed by atoms with van der Waals surface area (Å²) in [5.74, 6) is 0.336. The first-order valence-electron chi connectivity index (χ1n) is 5.51. The van der Waals surface area contributed by atoms with Crippen molar-refractivity contribution in [1.82, 2.24) is 15.5 Å². The molecule has 1 aromatic carbocycles. The zero-order chi connectivity index (χ0) is 14.8. The average molecular weight is 351 g/mol. The first kappa shape index (κ1) is 14.8. The predicted octanol–water partition coefficient (Wildman–Crippen LogP) is 3.31. The van der Waals surface area contributed by atoms with Crippen LogP contribution in [0.3, 0.4) is 0 Å². The molecule has 1 aromatic heterocycles. The number of aromatic nitrogens is 2. The van der Waals surface area contributed by atoms with E-state index in [-0.39, 0.29) is 16.2 Å². The summed E-state index contributed by atoms with van der Waals surface area (Å²) in [6, 6.07) is 3.77. The van der Waals surface area contributed by atoms with Gasteiger partial charge >= 0.3 is 12.2 Å². The van der Waals surface area contributed by atoms with Crippen molar-refractivity contribution < 1.29 is 17.6 Å².